The van der Waals surface area contributed by atoms with Crippen molar-refractivity contribution in [1.82, 2.24) is 0 Å². The van der Waals surface area contributed by atoms with E-state index in [1.54, 1.807) is 0 Å². The Morgan fingerprint density at radius 1 is 1.31 bits per heavy atom. The van der Waals surface area contributed by atoms with Crippen molar-refractivity contribution in [2.24, 2.45) is 11.8 Å². The van der Waals surface area contributed by atoms with Crippen molar-refractivity contribution in [3.8, 4) is 0 Å². The molecule has 2 heterocycles. The summed E-state index contributed by atoms with van der Waals surface area (Å²) >= 11 is 0. The van der Waals surface area contributed by atoms with Crippen LogP contribution in [0.2, 0.25) is 0 Å². The second kappa shape index (κ2) is 4.10. The van der Waals surface area contributed by atoms with Crippen LogP contribution in [0, 0.1) is 11.8 Å². The van der Waals surface area contributed by atoms with Gasteiger partial charge in [0.15, 0.2) is 0 Å². The fourth-order valence-corrected chi connectivity index (χ4v) is 3.05. The van der Waals surface area contributed by atoms with E-state index in [0.29, 0.717) is 17.9 Å². The summed E-state index contributed by atoms with van der Waals surface area (Å²) in [5.41, 5.74) is 2.79. The number of nitrogens with one attached hydrogen (secondary N) is 1. The maximum Gasteiger partial charge on any atom is 0.0514 e. The zero-order valence-corrected chi connectivity index (χ0v) is 9.78. The standard InChI is InChI=1S/C14H19NO/c1-10-8-11-4-2-3-5-13(11)15-14(10)12-6-7-16-9-12/h2-5,10,12,14-15H,6-9H2,1H3. The summed E-state index contributed by atoms with van der Waals surface area (Å²) in [6, 6.07) is 9.28. The summed E-state index contributed by atoms with van der Waals surface area (Å²) in [5, 5.41) is 3.71. The van der Waals surface area contributed by atoms with Gasteiger partial charge in [0.2, 0.25) is 0 Å². The van der Waals surface area contributed by atoms with Gasteiger partial charge in [-0.05, 0) is 30.4 Å². The van der Waals surface area contributed by atoms with E-state index in [1.807, 2.05) is 0 Å². The minimum absolute atomic E-state index is 0.595. The molecule has 86 valence electrons. The molecule has 3 rings (SSSR count). The average Bonchev–Trinajstić information content (AvgIpc) is 2.81. The predicted molar refractivity (Wildman–Crippen MR) is 65.6 cm³/mol. The van der Waals surface area contributed by atoms with Gasteiger partial charge in [-0.1, -0.05) is 25.1 Å². The van der Waals surface area contributed by atoms with E-state index < -0.39 is 0 Å². The minimum atomic E-state index is 0.595. The Balaban J connectivity index is 1.83. The molecule has 2 heteroatoms. The number of para-hydroxylation sites is 1. The molecule has 1 saturated heterocycles. The molecule has 1 aromatic carbocycles. The van der Waals surface area contributed by atoms with Crippen molar-refractivity contribution in [2.75, 3.05) is 18.5 Å². The second-order valence-electron chi connectivity index (χ2n) is 5.13. The van der Waals surface area contributed by atoms with E-state index in [2.05, 4.69) is 36.5 Å². The van der Waals surface area contributed by atoms with E-state index >= 15 is 0 Å². The average molecular weight is 217 g/mol. The molecule has 2 aliphatic rings. The molecule has 0 spiro atoms. The number of rotatable bonds is 1. The molecule has 0 saturated carbocycles. The minimum Gasteiger partial charge on any atom is -0.381 e. The van der Waals surface area contributed by atoms with Crippen LogP contribution in [0.15, 0.2) is 24.3 Å². The van der Waals surface area contributed by atoms with Gasteiger partial charge in [0, 0.05) is 24.3 Å². The molecular weight excluding hydrogens is 198 g/mol. The lowest BCUT2D eigenvalue weighted by Gasteiger charge is -2.36. The maximum atomic E-state index is 5.51. The Kier molecular flexibility index (Phi) is 2.60. The number of hydrogen-bond donors (Lipinski definition) is 1. The van der Waals surface area contributed by atoms with E-state index in [-0.39, 0.29) is 0 Å². The first kappa shape index (κ1) is 10.2. The maximum absolute atomic E-state index is 5.51. The number of hydrogen-bond acceptors (Lipinski definition) is 2. The van der Waals surface area contributed by atoms with Crippen LogP contribution >= 0.6 is 0 Å². The van der Waals surface area contributed by atoms with Gasteiger partial charge in [0.1, 0.15) is 0 Å². The third-order valence-electron chi connectivity index (χ3n) is 3.97. The van der Waals surface area contributed by atoms with Gasteiger partial charge in [-0.25, -0.2) is 0 Å². The molecule has 0 aromatic heterocycles. The fourth-order valence-electron chi connectivity index (χ4n) is 3.05. The highest BCUT2D eigenvalue weighted by atomic mass is 16.5. The van der Waals surface area contributed by atoms with E-state index in [0.717, 1.165) is 13.2 Å². The highest BCUT2D eigenvalue weighted by molar-refractivity contribution is 5.54. The lowest BCUT2D eigenvalue weighted by molar-refractivity contribution is 0.176. The molecule has 1 fully saturated rings. The van der Waals surface area contributed by atoms with Crippen molar-refractivity contribution in [3.05, 3.63) is 29.8 Å². The molecule has 0 aliphatic carbocycles. The lowest BCUT2D eigenvalue weighted by Crippen LogP contribution is -2.39. The van der Waals surface area contributed by atoms with Gasteiger partial charge in [0.05, 0.1) is 6.61 Å². The van der Waals surface area contributed by atoms with Gasteiger partial charge in [0.25, 0.3) is 0 Å². The Morgan fingerprint density at radius 3 is 3.00 bits per heavy atom. The highest BCUT2D eigenvalue weighted by Crippen LogP contribution is 2.33. The summed E-state index contributed by atoms with van der Waals surface area (Å²) < 4.78 is 5.51. The van der Waals surface area contributed by atoms with Crippen molar-refractivity contribution in [1.29, 1.82) is 0 Å². The van der Waals surface area contributed by atoms with Crippen LogP contribution in [0.1, 0.15) is 18.9 Å². The SMILES string of the molecule is CC1Cc2ccccc2NC1C1CCOC1. The molecule has 0 amide bonds. The second-order valence-corrected chi connectivity index (χ2v) is 5.13. The molecular formula is C14H19NO. The zero-order chi connectivity index (χ0) is 11.0. The van der Waals surface area contributed by atoms with Crippen LogP contribution < -0.4 is 5.32 Å². The lowest BCUT2D eigenvalue weighted by atomic mass is 9.81. The van der Waals surface area contributed by atoms with E-state index in [9.17, 15) is 0 Å². The zero-order valence-electron chi connectivity index (χ0n) is 9.78. The Morgan fingerprint density at radius 2 is 2.19 bits per heavy atom. The topological polar surface area (TPSA) is 21.3 Å². The first-order valence-electron chi connectivity index (χ1n) is 6.27. The van der Waals surface area contributed by atoms with Gasteiger partial charge >= 0.3 is 0 Å². The van der Waals surface area contributed by atoms with Gasteiger partial charge in [-0.3, -0.25) is 0 Å². The van der Waals surface area contributed by atoms with Gasteiger partial charge < -0.3 is 10.1 Å². The quantitative estimate of drug-likeness (QED) is 0.781. The first-order chi connectivity index (χ1) is 7.84. The summed E-state index contributed by atoms with van der Waals surface area (Å²) in [6.45, 7) is 4.23. The largest absolute Gasteiger partial charge is 0.381 e. The van der Waals surface area contributed by atoms with Crippen molar-refractivity contribution >= 4 is 5.69 Å². The predicted octanol–water partition coefficient (Wildman–Crippen LogP) is 2.70. The molecule has 3 unspecified atom stereocenters. The van der Waals surface area contributed by atoms with E-state index in [4.69, 9.17) is 4.74 Å². The normalized spacial score (nSPS) is 33.2. The Hall–Kier alpha value is -1.02. The molecule has 0 radical (unpaired) electrons. The van der Waals surface area contributed by atoms with Gasteiger partial charge in [-0.2, -0.15) is 0 Å². The number of benzene rings is 1. The molecule has 3 atom stereocenters. The van der Waals surface area contributed by atoms with Crippen molar-refractivity contribution < 1.29 is 4.74 Å². The monoisotopic (exact) mass is 217 g/mol. The summed E-state index contributed by atoms with van der Waals surface area (Å²) in [6.07, 6.45) is 2.41. The Labute approximate surface area is 97.0 Å². The van der Waals surface area contributed by atoms with Crippen LogP contribution in [-0.4, -0.2) is 19.3 Å². The molecule has 2 aliphatic heterocycles. The van der Waals surface area contributed by atoms with Crippen LogP contribution in [0.5, 0.6) is 0 Å². The van der Waals surface area contributed by atoms with Crippen LogP contribution in [0.25, 0.3) is 0 Å². The molecule has 1 N–H and O–H groups in total. The third kappa shape index (κ3) is 1.71. The summed E-state index contributed by atoms with van der Waals surface area (Å²) in [4.78, 5) is 0. The molecule has 16 heavy (non-hydrogen) atoms. The van der Waals surface area contributed by atoms with Crippen LogP contribution in [0.3, 0.4) is 0 Å². The van der Waals surface area contributed by atoms with Crippen LogP contribution in [-0.2, 0) is 11.2 Å². The van der Waals surface area contributed by atoms with Crippen molar-refractivity contribution in [3.63, 3.8) is 0 Å². The van der Waals surface area contributed by atoms with Gasteiger partial charge in [-0.15, -0.1) is 0 Å². The fraction of sp³-hybridized carbons (Fsp3) is 0.571. The molecule has 1 aromatic rings. The Bertz CT molecular complexity index is 371. The number of ether oxygens (including phenoxy) is 1. The number of anilines is 1. The molecule has 0 bridgehead atoms. The molecule has 2 nitrogen and oxygen atoms in total. The van der Waals surface area contributed by atoms with Crippen molar-refractivity contribution in [2.45, 2.75) is 25.8 Å². The number of fused-ring (bicyclic) bond motifs is 1. The smallest absolute Gasteiger partial charge is 0.0514 e. The summed E-state index contributed by atoms with van der Waals surface area (Å²) in [7, 11) is 0. The third-order valence-corrected chi connectivity index (χ3v) is 3.97. The summed E-state index contributed by atoms with van der Waals surface area (Å²) in [5.74, 6) is 1.41. The van der Waals surface area contributed by atoms with Crippen LogP contribution in [0.4, 0.5) is 5.69 Å². The highest BCUT2D eigenvalue weighted by Gasteiger charge is 2.33. The first-order valence-corrected chi connectivity index (χ1v) is 6.27. The van der Waals surface area contributed by atoms with E-state index in [1.165, 1.54) is 24.1 Å².